The lowest BCUT2D eigenvalue weighted by Gasteiger charge is -2.44. The van der Waals surface area contributed by atoms with Crippen molar-refractivity contribution in [2.45, 2.75) is 76.0 Å². The van der Waals surface area contributed by atoms with E-state index in [2.05, 4.69) is 20.4 Å². The molecule has 3 fully saturated rings. The Balaban J connectivity index is 1.17. The van der Waals surface area contributed by atoms with Gasteiger partial charge in [0.1, 0.15) is 11.9 Å². The third-order valence-corrected chi connectivity index (χ3v) is 7.54. The number of nitrogens with one attached hydrogen (secondary N) is 2. The van der Waals surface area contributed by atoms with Crippen molar-refractivity contribution >= 4 is 17.5 Å². The third kappa shape index (κ3) is 3.57. The quantitative estimate of drug-likeness (QED) is 0.796. The molecule has 3 aliphatic heterocycles. The highest BCUT2D eigenvalue weighted by atomic mass is 19.1. The fourth-order valence-electron chi connectivity index (χ4n) is 5.88. The van der Waals surface area contributed by atoms with Gasteiger partial charge in [0.2, 0.25) is 11.8 Å². The van der Waals surface area contributed by atoms with Gasteiger partial charge in [-0.15, -0.1) is 0 Å². The number of anilines is 1. The van der Waals surface area contributed by atoms with Crippen LogP contribution in [-0.2, 0) is 16.0 Å². The van der Waals surface area contributed by atoms with Crippen molar-refractivity contribution in [1.82, 2.24) is 15.1 Å². The summed E-state index contributed by atoms with van der Waals surface area (Å²) in [6.07, 6.45) is 6.29. The number of hydrogen-bond acceptors (Lipinski definition) is 4. The number of carbonyl (C=O) groups excluding carboxylic acids is 2. The monoisotopic (exact) mass is 414 g/mol. The van der Waals surface area contributed by atoms with E-state index in [0.29, 0.717) is 36.4 Å². The van der Waals surface area contributed by atoms with Crippen LogP contribution in [-0.4, -0.2) is 65.4 Å². The molecule has 1 aromatic rings. The SMILES string of the molecule is Cc1ccc(F)c2c1NC(C(=O)N[C@@H]1CCC[C@H](N3CCN4C(=O)CC[C@@H]4C3)C1)C2. The zero-order chi connectivity index (χ0) is 20.8. The Morgan fingerprint density at radius 3 is 2.90 bits per heavy atom. The Bertz CT molecular complexity index is 829. The first-order chi connectivity index (χ1) is 14.5. The highest BCUT2D eigenvalue weighted by molar-refractivity contribution is 5.88. The molecule has 5 rings (SSSR count). The Kier molecular flexibility index (Phi) is 5.17. The first kappa shape index (κ1) is 19.8. The van der Waals surface area contributed by atoms with Gasteiger partial charge < -0.3 is 15.5 Å². The maximum absolute atomic E-state index is 14.1. The summed E-state index contributed by atoms with van der Waals surface area (Å²) in [5.41, 5.74) is 2.38. The molecular formula is C23H31FN4O2. The summed E-state index contributed by atoms with van der Waals surface area (Å²) in [5, 5.41) is 6.48. The lowest BCUT2D eigenvalue weighted by atomic mass is 9.89. The van der Waals surface area contributed by atoms with E-state index in [1.165, 1.54) is 6.07 Å². The average Bonchev–Trinajstić information content (AvgIpc) is 3.36. The highest BCUT2D eigenvalue weighted by Crippen LogP contribution is 2.32. The largest absolute Gasteiger partial charge is 0.373 e. The molecule has 1 unspecified atom stereocenters. The minimum absolute atomic E-state index is 0.0261. The van der Waals surface area contributed by atoms with E-state index in [4.69, 9.17) is 0 Å². The number of fused-ring (bicyclic) bond motifs is 2. The molecule has 0 spiro atoms. The average molecular weight is 415 g/mol. The minimum Gasteiger partial charge on any atom is -0.373 e. The Morgan fingerprint density at radius 1 is 1.20 bits per heavy atom. The van der Waals surface area contributed by atoms with Crippen LogP contribution in [0, 0.1) is 12.7 Å². The first-order valence-corrected chi connectivity index (χ1v) is 11.4. The molecule has 2 N–H and O–H groups in total. The molecule has 2 amide bonds. The van der Waals surface area contributed by atoms with Crippen molar-refractivity contribution in [3.63, 3.8) is 0 Å². The number of rotatable bonds is 3. The van der Waals surface area contributed by atoms with Gasteiger partial charge in [-0.3, -0.25) is 14.5 Å². The van der Waals surface area contributed by atoms with Gasteiger partial charge in [-0.05, 0) is 50.7 Å². The maximum atomic E-state index is 14.1. The van der Waals surface area contributed by atoms with Crippen LogP contribution in [0.3, 0.4) is 0 Å². The van der Waals surface area contributed by atoms with E-state index < -0.39 is 6.04 Å². The molecular weight excluding hydrogens is 383 g/mol. The fourth-order valence-corrected chi connectivity index (χ4v) is 5.88. The summed E-state index contributed by atoms with van der Waals surface area (Å²) >= 11 is 0. The van der Waals surface area contributed by atoms with Crippen LogP contribution < -0.4 is 10.6 Å². The molecule has 3 heterocycles. The second-order valence-corrected chi connectivity index (χ2v) is 9.42. The molecule has 1 saturated carbocycles. The Labute approximate surface area is 177 Å². The van der Waals surface area contributed by atoms with Crippen molar-refractivity contribution in [3.8, 4) is 0 Å². The molecule has 4 aliphatic rings. The molecule has 0 radical (unpaired) electrons. The molecule has 0 aromatic heterocycles. The van der Waals surface area contributed by atoms with Gasteiger partial charge in [-0.2, -0.15) is 0 Å². The highest BCUT2D eigenvalue weighted by Gasteiger charge is 2.39. The van der Waals surface area contributed by atoms with Gasteiger partial charge >= 0.3 is 0 Å². The summed E-state index contributed by atoms with van der Waals surface area (Å²) in [7, 11) is 0. The Morgan fingerprint density at radius 2 is 2.07 bits per heavy atom. The van der Waals surface area contributed by atoms with Crippen LogP contribution in [0.1, 0.15) is 49.7 Å². The lowest BCUT2D eigenvalue weighted by molar-refractivity contribution is -0.131. The van der Waals surface area contributed by atoms with E-state index in [0.717, 1.165) is 63.0 Å². The van der Waals surface area contributed by atoms with Crippen LogP contribution in [0.5, 0.6) is 0 Å². The van der Waals surface area contributed by atoms with Gasteiger partial charge in [0.05, 0.1) is 0 Å². The molecule has 1 aromatic carbocycles. The van der Waals surface area contributed by atoms with E-state index in [-0.39, 0.29) is 17.8 Å². The predicted molar refractivity (Wildman–Crippen MR) is 113 cm³/mol. The van der Waals surface area contributed by atoms with Gasteiger partial charge in [0, 0.05) is 61.9 Å². The van der Waals surface area contributed by atoms with Gasteiger partial charge in [0.25, 0.3) is 0 Å². The molecule has 7 heteroatoms. The number of halogens is 1. The van der Waals surface area contributed by atoms with Gasteiger partial charge in [0.15, 0.2) is 0 Å². The summed E-state index contributed by atoms with van der Waals surface area (Å²) in [6, 6.07) is 3.85. The number of piperazine rings is 1. The van der Waals surface area contributed by atoms with E-state index >= 15 is 0 Å². The van der Waals surface area contributed by atoms with Crippen molar-refractivity contribution < 1.29 is 14.0 Å². The predicted octanol–water partition coefficient (Wildman–Crippen LogP) is 2.20. The molecule has 6 nitrogen and oxygen atoms in total. The second-order valence-electron chi connectivity index (χ2n) is 9.42. The Hall–Kier alpha value is -2.15. The van der Waals surface area contributed by atoms with E-state index in [1.807, 2.05) is 6.92 Å². The maximum Gasteiger partial charge on any atom is 0.243 e. The summed E-state index contributed by atoms with van der Waals surface area (Å²) in [4.78, 5) is 29.5. The first-order valence-electron chi connectivity index (χ1n) is 11.4. The van der Waals surface area contributed by atoms with E-state index in [9.17, 15) is 14.0 Å². The topological polar surface area (TPSA) is 64.7 Å². The second kappa shape index (κ2) is 7.84. The fraction of sp³-hybridized carbons (Fsp3) is 0.652. The summed E-state index contributed by atoms with van der Waals surface area (Å²) in [5.74, 6) is 0.0488. The molecule has 0 bridgehead atoms. The van der Waals surface area contributed by atoms with Crippen LogP contribution in [0.25, 0.3) is 0 Å². The molecule has 30 heavy (non-hydrogen) atoms. The number of carbonyl (C=O) groups is 2. The smallest absolute Gasteiger partial charge is 0.243 e. The molecule has 4 atom stereocenters. The zero-order valence-corrected chi connectivity index (χ0v) is 17.6. The van der Waals surface area contributed by atoms with Crippen molar-refractivity contribution in [2.75, 3.05) is 25.0 Å². The van der Waals surface area contributed by atoms with Crippen molar-refractivity contribution in [2.24, 2.45) is 0 Å². The minimum atomic E-state index is -0.399. The summed E-state index contributed by atoms with van der Waals surface area (Å²) in [6.45, 7) is 4.68. The lowest BCUT2D eigenvalue weighted by Crippen LogP contribution is -2.56. The number of benzene rings is 1. The summed E-state index contributed by atoms with van der Waals surface area (Å²) < 4.78 is 14.1. The third-order valence-electron chi connectivity index (χ3n) is 7.54. The molecule has 162 valence electrons. The number of nitrogens with zero attached hydrogens (tertiary/aromatic N) is 2. The standard InChI is InChI=1S/C23H31FN4O2/c1-14-5-7-19(24)18-12-20(26-22(14)18)23(30)25-15-3-2-4-16(11-15)27-9-10-28-17(13-27)6-8-21(28)29/h5,7,15-17,20,26H,2-4,6,8-13H2,1H3,(H,25,30)/t15-,16+,17-,20?/m1/s1. The van der Waals surface area contributed by atoms with Crippen molar-refractivity contribution in [1.29, 1.82) is 0 Å². The molecule has 2 saturated heterocycles. The van der Waals surface area contributed by atoms with Gasteiger partial charge in [-0.25, -0.2) is 4.39 Å². The number of amides is 2. The van der Waals surface area contributed by atoms with Crippen molar-refractivity contribution in [3.05, 3.63) is 29.1 Å². The van der Waals surface area contributed by atoms with Crippen LogP contribution in [0.2, 0.25) is 0 Å². The van der Waals surface area contributed by atoms with E-state index in [1.54, 1.807) is 6.07 Å². The normalized spacial score (nSPS) is 31.3. The van der Waals surface area contributed by atoms with Crippen LogP contribution >= 0.6 is 0 Å². The number of hydrogen-bond donors (Lipinski definition) is 2. The van der Waals surface area contributed by atoms with Crippen LogP contribution in [0.4, 0.5) is 10.1 Å². The van der Waals surface area contributed by atoms with Gasteiger partial charge in [-0.1, -0.05) is 6.07 Å². The zero-order valence-electron chi connectivity index (χ0n) is 17.6. The van der Waals surface area contributed by atoms with Crippen LogP contribution in [0.15, 0.2) is 12.1 Å². The number of aryl methyl sites for hydroxylation is 1. The molecule has 1 aliphatic carbocycles.